The number of piperazine rings is 1. The maximum Gasteiger partial charge on any atom is 0.223 e. The smallest absolute Gasteiger partial charge is 0.223 e. The highest BCUT2D eigenvalue weighted by molar-refractivity contribution is 5.80. The fraction of sp³-hybridized carbons (Fsp3) is 0.423. The number of aromatic nitrogens is 1. The Bertz CT molecular complexity index is 1180. The van der Waals surface area contributed by atoms with Crippen molar-refractivity contribution in [3.8, 4) is 6.07 Å². The molecule has 0 spiro atoms. The van der Waals surface area contributed by atoms with Crippen LogP contribution in [0, 0.1) is 29.1 Å². The van der Waals surface area contributed by atoms with E-state index in [0.717, 1.165) is 44.8 Å². The summed E-state index contributed by atoms with van der Waals surface area (Å²) < 4.78 is 0. The number of likely N-dealkylation sites (N-methyl/N-ethyl adjacent to an activating group) is 1. The Morgan fingerprint density at radius 3 is 2.66 bits per heavy atom. The lowest BCUT2D eigenvalue weighted by Gasteiger charge is -2.32. The molecule has 1 aliphatic heterocycles. The van der Waals surface area contributed by atoms with Gasteiger partial charge in [-0.25, -0.2) is 4.98 Å². The molecule has 182 valence electrons. The number of pyridine rings is 1. The number of amides is 1. The second-order valence-electron chi connectivity index (χ2n) is 9.90. The minimum atomic E-state index is -0.310. The lowest BCUT2D eigenvalue weighted by atomic mass is 9.88. The molecule has 1 aromatic carbocycles. The lowest BCUT2D eigenvalue weighted by Crippen LogP contribution is -2.43. The van der Waals surface area contributed by atoms with Gasteiger partial charge in [-0.05, 0) is 43.0 Å². The first-order chi connectivity index (χ1) is 16.9. The fourth-order valence-corrected chi connectivity index (χ4v) is 5.55. The van der Waals surface area contributed by atoms with Gasteiger partial charge in [-0.15, -0.1) is 0 Å². The summed E-state index contributed by atoms with van der Waals surface area (Å²) in [6.45, 7) is 5.14. The van der Waals surface area contributed by atoms with Crippen molar-refractivity contribution in [2.24, 2.45) is 23.5 Å². The summed E-state index contributed by atoms with van der Waals surface area (Å²) in [6, 6.07) is 9.90. The van der Waals surface area contributed by atoms with Crippen LogP contribution < -0.4 is 22.1 Å². The zero-order chi connectivity index (χ0) is 24.5. The molecular formula is C26H32N8O. The van der Waals surface area contributed by atoms with Crippen LogP contribution in [0.1, 0.15) is 17.5 Å². The van der Waals surface area contributed by atoms with E-state index in [0.29, 0.717) is 22.8 Å². The number of hydrogen-bond donors (Lipinski definition) is 4. The van der Waals surface area contributed by atoms with E-state index in [1.807, 2.05) is 12.1 Å². The molecule has 3 aliphatic rings. The Kier molecular flexibility index (Phi) is 6.32. The monoisotopic (exact) mass is 472 g/mol. The summed E-state index contributed by atoms with van der Waals surface area (Å²) in [6.07, 6.45) is 6.66. The molecule has 2 bridgehead atoms. The number of anilines is 4. The molecule has 6 N–H and O–H groups in total. The minimum absolute atomic E-state index is 0.135. The molecule has 2 heterocycles. The zero-order valence-electron chi connectivity index (χ0n) is 19.9. The number of carbonyl (C=O) groups is 1. The molecular weight excluding hydrogens is 440 g/mol. The number of nitrogens with two attached hydrogens (primary N) is 2. The van der Waals surface area contributed by atoms with Crippen LogP contribution in [0.25, 0.3) is 0 Å². The van der Waals surface area contributed by atoms with Crippen molar-refractivity contribution in [3.63, 3.8) is 0 Å². The number of nitrogens with zero attached hydrogens (tertiary/aromatic N) is 4. The Morgan fingerprint density at radius 2 is 1.94 bits per heavy atom. The number of nitrogens with one attached hydrogen (secondary N) is 2. The van der Waals surface area contributed by atoms with Crippen LogP contribution >= 0.6 is 0 Å². The molecule has 35 heavy (non-hydrogen) atoms. The first kappa shape index (κ1) is 23.1. The number of hydrogen-bond acceptors (Lipinski definition) is 8. The van der Waals surface area contributed by atoms with Crippen molar-refractivity contribution in [1.82, 2.24) is 14.8 Å². The third-order valence-electron chi connectivity index (χ3n) is 7.52. The molecule has 2 aromatic rings. The number of primary amides is 1. The average Bonchev–Trinajstić information content (AvgIpc) is 3.44. The Morgan fingerprint density at radius 1 is 1.17 bits per heavy atom. The van der Waals surface area contributed by atoms with Gasteiger partial charge in [0.05, 0.1) is 28.5 Å². The van der Waals surface area contributed by atoms with E-state index < -0.39 is 0 Å². The highest BCUT2D eigenvalue weighted by atomic mass is 16.1. The van der Waals surface area contributed by atoms with E-state index in [2.05, 4.69) is 56.8 Å². The largest absolute Gasteiger partial charge is 0.397 e. The molecule has 5 rings (SSSR count). The van der Waals surface area contributed by atoms with Gasteiger partial charge < -0.3 is 27.0 Å². The normalized spacial score (nSPS) is 25.9. The first-order valence-corrected chi connectivity index (χ1v) is 12.1. The molecule has 1 amide bonds. The molecule has 0 radical (unpaired) electrons. The predicted molar refractivity (Wildman–Crippen MR) is 137 cm³/mol. The SMILES string of the molecule is CN1CCN(Cc2ccc(Nc3cc(N[C@H]4[C@@H](C(N)=O)[C@@H]5C=C[C@H]4C5)c(C#N)cn3)c(N)c2)CC1. The van der Waals surface area contributed by atoms with Crippen LogP contribution in [-0.2, 0) is 11.3 Å². The van der Waals surface area contributed by atoms with Crippen molar-refractivity contribution < 1.29 is 4.79 Å². The zero-order valence-corrected chi connectivity index (χ0v) is 19.9. The third-order valence-corrected chi connectivity index (χ3v) is 7.52. The van der Waals surface area contributed by atoms with Crippen LogP contribution in [0.2, 0.25) is 0 Å². The van der Waals surface area contributed by atoms with Crippen LogP contribution in [0.4, 0.5) is 22.9 Å². The van der Waals surface area contributed by atoms with E-state index in [-0.39, 0.29) is 29.7 Å². The van der Waals surface area contributed by atoms with Gasteiger partial charge in [0, 0.05) is 51.0 Å². The maximum absolute atomic E-state index is 12.1. The van der Waals surface area contributed by atoms with Gasteiger partial charge >= 0.3 is 0 Å². The van der Waals surface area contributed by atoms with Crippen molar-refractivity contribution >= 4 is 28.8 Å². The topological polar surface area (TPSA) is 136 Å². The molecule has 2 aliphatic carbocycles. The van der Waals surface area contributed by atoms with E-state index in [1.54, 1.807) is 6.07 Å². The van der Waals surface area contributed by atoms with Gasteiger partial charge in [0.2, 0.25) is 5.91 Å². The molecule has 1 aromatic heterocycles. The van der Waals surface area contributed by atoms with Crippen LogP contribution in [0.15, 0.2) is 42.6 Å². The van der Waals surface area contributed by atoms with Crippen LogP contribution in [0.3, 0.4) is 0 Å². The van der Waals surface area contributed by atoms with Crippen molar-refractivity contribution in [1.29, 1.82) is 5.26 Å². The van der Waals surface area contributed by atoms with E-state index in [1.165, 1.54) is 11.8 Å². The number of allylic oxidation sites excluding steroid dienone is 1. The van der Waals surface area contributed by atoms with E-state index >= 15 is 0 Å². The van der Waals surface area contributed by atoms with Crippen molar-refractivity contribution in [2.75, 3.05) is 49.6 Å². The minimum Gasteiger partial charge on any atom is -0.397 e. The van der Waals surface area contributed by atoms with Gasteiger partial charge in [0.15, 0.2) is 0 Å². The first-order valence-electron chi connectivity index (χ1n) is 12.1. The summed E-state index contributed by atoms with van der Waals surface area (Å²) in [5.74, 6) is 0.347. The van der Waals surface area contributed by atoms with Crippen molar-refractivity contribution in [3.05, 3.63) is 53.7 Å². The molecule has 9 heteroatoms. The number of carbonyl (C=O) groups excluding carboxylic acids is 1. The second kappa shape index (κ2) is 9.56. The highest BCUT2D eigenvalue weighted by Crippen LogP contribution is 2.45. The Balaban J connectivity index is 1.30. The highest BCUT2D eigenvalue weighted by Gasteiger charge is 2.47. The summed E-state index contributed by atoms with van der Waals surface area (Å²) in [5.41, 5.74) is 15.7. The Hall–Kier alpha value is -3.61. The number of nitriles is 1. The van der Waals surface area contributed by atoms with Crippen LogP contribution in [0.5, 0.6) is 0 Å². The van der Waals surface area contributed by atoms with Crippen LogP contribution in [-0.4, -0.2) is 60.0 Å². The summed E-state index contributed by atoms with van der Waals surface area (Å²) in [7, 11) is 2.15. The van der Waals surface area contributed by atoms with Gasteiger partial charge in [-0.2, -0.15) is 5.26 Å². The molecule has 1 saturated heterocycles. The second-order valence-corrected chi connectivity index (χ2v) is 9.90. The average molecular weight is 473 g/mol. The number of rotatable bonds is 7. The van der Waals surface area contributed by atoms with Crippen molar-refractivity contribution in [2.45, 2.75) is 19.0 Å². The van der Waals surface area contributed by atoms with E-state index in [9.17, 15) is 10.1 Å². The van der Waals surface area contributed by atoms with Gasteiger partial charge in [-0.3, -0.25) is 9.69 Å². The lowest BCUT2D eigenvalue weighted by molar-refractivity contribution is -0.122. The number of fused-ring (bicyclic) bond motifs is 2. The third kappa shape index (κ3) is 4.81. The van der Waals surface area contributed by atoms with Gasteiger partial charge in [0.25, 0.3) is 0 Å². The molecule has 9 nitrogen and oxygen atoms in total. The fourth-order valence-electron chi connectivity index (χ4n) is 5.55. The molecule has 2 fully saturated rings. The standard InChI is InChI=1S/C26H32N8O/c1-33-6-8-34(9-7-33)15-16-2-5-21(20(28)10-16)31-23-12-22(19(13-27)14-30-23)32-25-18-4-3-17(11-18)24(25)26(29)35/h2-5,10,12,14,17-18,24-25H,6-9,11,15,28H2,1H3,(H2,29,35)(H2,30,31,32)/t17-,18+,24+,25-/m1/s1. The van der Waals surface area contributed by atoms with Gasteiger partial charge in [-0.1, -0.05) is 18.2 Å². The predicted octanol–water partition coefficient (Wildman–Crippen LogP) is 2.11. The molecule has 1 saturated carbocycles. The number of nitrogen functional groups attached to an aromatic ring is 1. The van der Waals surface area contributed by atoms with Gasteiger partial charge in [0.1, 0.15) is 11.9 Å². The quantitative estimate of drug-likeness (QED) is 0.355. The summed E-state index contributed by atoms with van der Waals surface area (Å²) in [4.78, 5) is 21.3. The number of benzene rings is 1. The summed E-state index contributed by atoms with van der Waals surface area (Å²) >= 11 is 0. The molecule has 0 unspecified atom stereocenters. The summed E-state index contributed by atoms with van der Waals surface area (Å²) in [5, 5.41) is 16.3. The molecule has 4 atom stereocenters. The maximum atomic E-state index is 12.1. The van der Waals surface area contributed by atoms with E-state index in [4.69, 9.17) is 11.5 Å². The Labute approximate surface area is 205 Å².